The molecule has 0 saturated heterocycles. The minimum atomic E-state index is -1.05. The lowest BCUT2D eigenvalue weighted by Crippen LogP contribution is -2.32. The fourth-order valence-electron chi connectivity index (χ4n) is 1.38. The number of hydrogen-bond acceptors (Lipinski definition) is 3. The van der Waals surface area contributed by atoms with Gasteiger partial charge in [0.15, 0.2) is 0 Å². The lowest BCUT2D eigenvalue weighted by molar-refractivity contribution is 0.0534. The summed E-state index contributed by atoms with van der Waals surface area (Å²) < 4.78 is 5.78. The van der Waals surface area contributed by atoms with E-state index >= 15 is 0 Å². The van der Waals surface area contributed by atoms with Crippen molar-refractivity contribution in [3.05, 3.63) is 33.8 Å². The van der Waals surface area contributed by atoms with Gasteiger partial charge in [0.1, 0.15) is 5.60 Å². The van der Waals surface area contributed by atoms with E-state index in [1.807, 2.05) is 0 Å². The molecule has 5 nitrogen and oxygen atoms in total. The molecule has 0 heterocycles. The summed E-state index contributed by atoms with van der Waals surface area (Å²) in [6.45, 7) is 5.36. The van der Waals surface area contributed by atoms with E-state index in [0.29, 0.717) is 5.56 Å². The summed E-state index contributed by atoms with van der Waals surface area (Å²) in [5.41, 5.74) is -0.0796. The van der Waals surface area contributed by atoms with E-state index in [-0.39, 0.29) is 12.1 Å². The highest BCUT2D eigenvalue weighted by atomic mass is 79.9. The van der Waals surface area contributed by atoms with Crippen LogP contribution in [0.3, 0.4) is 0 Å². The number of carboxylic acids is 1. The number of alkyl carbamates (subject to hydrolysis) is 1. The molecule has 0 aliphatic carbocycles. The van der Waals surface area contributed by atoms with Gasteiger partial charge in [-0.1, -0.05) is 27.8 Å². The Morgan fingerprint density at radius 3 is 2.62 bits per heavy atom. The molecule has 6 heteroatoms. The maximum atomic E-state index is 11.4. The molecule has 0 unspecified atom stereocenters. The molecule has 2 N–H and O–H groups in total. The molecule has 0 spiro atoms. The normalized spacial score (nSPS) is 10.3. The number of amides is 1. The molecule has 0 saturated carbocycles. The fourth-order valence-corrected chi connectivity index (χ4v) is 1.74. The molecule has 112 valence electrons. The highest BCUT2D eigenvalue weighted by Crippen LogP contribution is 2.16. The number of aromatic carboxylic acids is 1. The summed E-state index contributed by atoms with van der Waals surface area (Å²) in [4.78, 5) is 22.5. The van der Waals surface area contributed by atoms with Gasteiger partial charge < -0.3 is 15.2 Å². The van der Waals surface area contributed by atoms with E-state index in [0.717, 1.165) is 4.47 Å². The van der Waals surface area contributed by atoms with E-state index < -0.39 is 17.7 Å². The Hall–Kier alpha value is -2.00. The van der Waals surface area contributed by atoms with E-state index in [2.05, 4.69) is 33.1 Å². The van der Waals surface area contributed by atoms with Gasteiger partial charge in [-0.05, 0) is 39.0 Å². The van der Waals surface area contributed by atoms with E-state index in [1.165, 1.54) is 6.07 Å². The predicted octanol–water partition coefficient (Wildman–Crippen LogP) is 3.02. The second-order valence-electron chi connectivity index (χ2n) is 5.15. The Bertz CT molecular complexity index is 608. The quantitative estimate of drug-likeness (QED) is 0.801. The average Bonchev–Trinajstić information content (AvgIpc) is 2.32. The minimum absolute atomic E-state index is 0.0699. The van der Waals surface area contributed by atoms with Gasteiger partial charge in [0.2, 0.25) is 0 Å². The van der Waals surface area contributed by atoms with Gasteiger partial charge >= 0.3 is 12.1 Å². The van der Waals surface area contributed by atoms with Crippen molar-refractivity contribution >= 4 is 28.0 Å². The Balaban J connectivity index is 2.69. The fraction of sp³-hybridized carbons (Fsp3) is 0.333. The van der Waals surface area contributed by atoms with Crippen LogP contribution in [-0.2, 0) is 4.74 Å². The monoisotopic (exact) mass is 353 g/mol. The standard InChI is InChI=1S/C15H16BrNO4/c1-15(2,3)21-14(20)17-8-4-5-10-9-11(16)6-7-12(10)13(18)19/h6-7,9H,8H2,1-3H3,(H,17,20)(H,18,19). The van der Waals surface area contributed by atoms with Crippen molar-refractivity contribution in [3.63, 3.8) is 0 Å². The first kappa shape index (κ1) is 17.1. The van der Waals surface area contributed by atoms with Crippen molar-refractivity contribution in [1.29, 1.82) is 0 Å². The number of rotatable bonds is 2. The molecule has 1 amide bonds. The van der Waals surface area contributed by atoms with E-state index in [4.69, 9.17) is 9.84 Å². The van der Waals surface area contributed by atoms with E-state index in [9.17, 15) is 9.59 Å². The molecule has 0 aliphatic rings. The van der Waals surface area contributed by atoms with Crippen LogP contribution < -0.4 is 5.32 Å². The number of carbonyl (C=O) groups excluding carboxylic acids is 1. The summed E-state index contributed by atoms with van der Waals surface area (Å²) in [6, 6.07) is 4.72. The number of carboxylic acid groups (broad SMARTS) is 1. The van der Waals surface area contributed by atoms with Crippen LogP contribution in [0.5, 0.6) is 0 Å². The predicted molar refractivity (Wildman–Crippen MR) is 82.2 cm³/mol. The second kappa shape index (κ2) is 7.14. The van der Waals surface area contributed by atoms with Crippen LogP contribution in [0.1, 0.15) is 36.7 Å². The lowest BCUT2D eigenvalue weighted by Gasteiger charge is -2.19. The first-order chi connectivity index (χ1) is 9.69. The second-order valence-corrected chi connectivity index (χ2v) is 6.07. The Morgan fingerprint density at radius 1 is 1.38 bits per heavy atom. The van der Waals surface area contributed by atoms with Crippen molar-refractivity contribution in [2.24, 2.45) is 0 Å². The third-order valence-corrected chi connectivity index (χ3v) is 2.65. The minimum Gasteiger partial charge on any atom is -0.478 e. The molecule has 0 fully saturated rings. The van der Waals surface area contributed by atoms with Crippen molar-refractivity contribution in [1.82, 2.24) is 5.32 Å². The first-order valence-electron chi connectivity index (χ1n) is 6.17. The van der Waals surface area contributed by atoms with Crippen LogP contribution in [0.25, 0.3) is 0 Å². The highest BCUT2D eigenvalue weighted by Gasteiger charge is 2.15. The van der Waals surface area contributed by atoms with Gasteiger partial charge in [-0.25, -0.2) is 9.59 Å². The maximum Gasteiger partial charge on any atom is 0.408 e. The van der Waals surface area contributed by atoms with Gasteiger partial charge in [0.25, 0.3) is 0 Å². The zero-order chi connectivity index (χ0) is 16.0. The zero-order valence-corrected chi connectivity index (χ0v) is 13.6. The van der Waals surface area contributed by atoms with Crippen molar-refractivity contribution < 1.29 is 19.4 Å². The first-order valence-corrected chi connectivity index (χ1v) is 6.97. The molecule has 0 aliphatic heterocycles. The average molecular weight is 354 g/mol. The molecule has 0 radical (unpaired) electrons. The molecule has 1 rings (SSSR count). The number of carbonyl (C=O) groups is 2. The SMILES string of the molecule is CC(C)(C)OC(=O)NCC#Cc1cc(Br)ccc1C(=O)O. The number of benzene rings is 1. The van der Waals surface area contributed by atoms with Crippen LogP contribution in [0.4, 0.5) is 4.79 Å². The smallest absolute Gasteiger partial charge is 0.408 e. The molecule has 21 heavy (non-hydrogen) atoms. The third kappa shape index (κ3) is 6.32. The number of halogens is 1. The maximum absolute atomic E-state index is 11.4. The van der Waals surface area contributed by atoms with Crippen molar-refractivity contribution in [2.75, 3.05) is 6.54 Å². The summed E-state index contributed by atoms with van der Waals surface area (Å²) >= 11 is 3.26. The largest absolute Gasteiger partial charge is 0.478 e. The molecular weight excluding hydrogens is 338 g/mol. The van der Waals surface area contributed by atoms with Crippen LogP contribution >= 0.6 is 15.9 Å². The third-order valence-electron chi connectivity index (χ3n) is 2.16. The number of ether oxygens (including phenoxy) is 1. The van der Waals surface area contributed by atoms with Crippen LogP contribution in [0, 0.1) is 11.8 Å². The Morgan fingerprint density at radius 2 is 2.05 bits per heavy atom. The number of hydrogen-bond donors (Lipinski definition) is 2. The van der Waals surface area contributed by atoms with Gasteiger partial charge in [-0.3, -0.25) is 0 Å². The summed E-state index contributed by atoms with van der Waals surface area (Å²) in [5.74, 6) is 4.37. The molecule has 0 bridgehead atoms. The van der Waals surface area contributed by atoms with Crippen LogP contribution in [-0.4, -0.2) is 29.3 Å². The Labute approximate surface area is 131 Å². The van der Waals surface area contributed by atoms with Crippen LogP contribution in [0.15, 0.2) is 22.7 Å². The molecule has 0 aromatic heterocycles. The lowest BCUT2D eigenvalue weighted by atomic mass is 10.1. The van der Waals surface area contributed by atoms with Crippen molar-refractivity contribution in [2.45, 2.75) is 26.4 Å². The van der Waals surface area contributed by atoms with Gasteiger partial charge in [-0.2, -0.15) is 0 Å². The summed E-state index contributed by atoms with van der Waals surface area (Å²) in [6.07, 6.45) is -0.565. The molecule has 0 atom stereocenters. The zero-order valence-electron chi connectivity index (χ0n) is 12.0. The molecular formula is C15H16BrNO4. The summed E-state index contributed by atoms with van der Waals surface area (Å²) in [7, 11) is 0. The Kier molecular flexibility index (Phi) is 5.79. The summed E-state index contributed by atoms with van der Waals surface area (Å²) in [5, 5.41) is 11.5. The highest BCUT2D eigenvalue weighted by molar-refractivity contribution is 9.10. The number of nitrogens with one attached hydrogen (secondary N) is 1. The van der Waals surface area contributed by atoms with E-state index in [1.54, 1.807) is 32.9 Å². The van der Waals surface area contributed by atoms with Crippen LogP contribution in [0.2, 0.25) is 0 Å². The van der Waals surface area contributed by atoms with Gasteiger partial charge in [-0.15, -0.1) is 0 Å². The van der Waals surface area contributed by atoms with Crippen molar-refractivity contribution in [3.8, 4) is 11.8 Å². The topological polar surface area (TPSA) is 75.6 Å². The van der Waals surface area contributed by atoms with Gasteiger partial charge in [0, 0.05) is 10.0 Å². The molecule has 1 aromatic rings. The van der Waals surface area contributed by atoms with Gasteiger partial charge in [0.05, 0.1) is 12.1 Å². The molecule has 1 aromatic carbocycles.